The van der Waals surface area contributed by atoms with Gasteiger partial charge in [-0.3, -0.25) is 4.79 Å². The van der Waals surface area contributed by atoms with Gasteiger partial charge in [0.15, 0.2) is 17.3 Å². The van der Waals surface area contributed by atoms with Gasteiger partial charge in [-0.05, 0) is 22.8 Å². The van der Waals surface area contributed by atoms with E-state index in [1.54, 1.807) is 18.5 Å². The van der Waals surface area contributed by atoms with Crippen molar-refractivity contribution in [2.45, 2.75) is 25.6 Å². The van der Waals surface area contributed by atoms with Crippen molar-refractivity contribution in [2.24, 2.45) is 0 Å². The Morgan fingerprint density at radius 2 is 1.73 bits per heavy atom. The van der Waals surface area contributed by atoms with Crippen LogP contribution in [-0.4, -0.2) is 57.1 Å². The number of hydrogen-bond acceptors (Lipinski definition) is 7. The van der Waals surface area contributed by atoms with Gasteiger partial charge in [0.25, 0.3) is 0 Å². The van der Waals surface area contributed by atoms with E-state index in [0.29, 0.717) is 37.8 Å². The lowest BCUT2D eigenvalue weighted by Gasteiger charge is -2.28. The Morgan fingerprint density at radius 3 is 2.43 bits per heavy atom. The van der Waals surface area contributed by atoms with Crippen molar-refractivity contribution in [1.82, 2.24) is 19.9 Å². The van der Waals surface area contributed by atoms with Gasteiger partial charge in [0, 0.05) is 31.5 Å². The summed E-state index contributed by atoms with van der Waals surface area (Å²) >= 11 is 0. The predicted octanol–water partition coefficient (Wildman–Crippen LogP) is 3.72. The van der Waals surface area contributed by atoms with Crippen molar-refractivity contribution in [1.29, 1.82) is 0 Å². The Morgan fingerprint density at radius 1 is 1.03 bits per heavy atom. The molecule has 2 aromatic heterocycles. The van der Waals surface area contributed by atoms with Crippen LogP contribution in [0, 0.1) is 0 Å². The van der Waals surface area contributed by atoms with E-state index in [0.717, 1.165) is 28.5 Å². The molecule has 1 fully saturated rings. The summed E-state index contributed by atoms with van der Waals surface area (Å²) in [6, 6.07) is 10.8. The fraction of sp³-hybridized carbons (Fsp3) is 0.308. The molecule has 0 amide bonds. The highest BCUT2D eigenvalue weighted by molar-refractivity contribution is 5.85. The molecule has 37 heavy (non-hydrogen) atoms. The van der Waals surface area contributed by atoms with Crippen LogP contribution in [-0.2, 0) is 35.2 Å². The summed E-state index contributed by atoms with van der Waals surface area (Å²) in [5.74, 6) is 1.04. The van der Waals surface area contributed by atoms with Gasteiger partial charge < -0.3 is 19.7 Å². The normalized spacial score (nSPS) is 14.3. The third-order valence-electron chi connectivity index (χ3n) is 6.24. The number of anilines is 1. The predicted molar refractivity (Wildman–Crippen MR) is 130 cm³/mol. The van der Waals surface area contributed by atoms with Gasteiger partial charge in [-0.2, -0.15) is 13.2 Å². The van der Waals surface area contributed by atoms with Crippen molar-refractivity contribution in [3.05, 3.63) is 71.0 Å². The second kappa shape index (κ2) is 10.3. The maximum atomic E-state index is 13.3. The first-order chi connectivity index (χ1) is 17.8. The van der Waals surface area contributed by atoms with Crippen molar-refractivity contribution in [3.63, 3.8) is 0 Å². The number of Topliss-reactive ketones (excluding diaryl/α,β-unsaturated/α-hetero) is 1. The molecule has 11 heteroatoms. The Bertz CT molecular complexity index is 1410. The summed E-state index contributed by atoms with van der Waals surface area (Å²) in [6.07, 6.45) is -3.09. The minimum atomic E-state index is -4.60. The van der Waals surface area contributed by atoms with E-state index in [2.05, 4.69) is 19.9 Å². The van der Waals surface area contributed by atoms with E-state index < -0.39 is 18.3 Å². The molecule has 5 rings (SSSR count). The number of ketones is 1. The van der Waals surface area contributed by atoms with Gasteiger partial charge in [-0.15, -0.1) is 0 Å². The summed E-state index contributed by atoms with van der Waals surface area (Å²) in [5, 5.41) is 9.19. The maximum absolute atomic E-state index is 13.3. The van der Waals surface area contributed by atoms with E-state index in [1.807, 2.05) is 12.1 Å². The van der Waals surface area contributed by atoms with Crippen LogP contribution >= 0.6 is 0 Å². The SMILES string of the molecule is O=C(Cc1ccc(-c2nc(N3CCOCC3)c3[nH]cnc3n2)cc1)Cc1ccc(CO)c(C(F)(F)F)c1. The first-order valence-electron chi connectivity index (χ1n) is 11.8. The van der Waals surface area contributed by atoms with E-state index in [4.69, 9.17) is 9.72 Å². The van der Waals surface area contributed by atoms with Gasteiger partial charge in [-0.25, -0.2) is 15.0 Å². The van der Waals surface area contributed by atoms with Gasteiger partial charge in [0.05, 0.1) is 31.7 Å². The van der Waals surface area contributed by atoms with Crippen molar-refractivity contribution in [2.75, 3.05) is 31.2 Å². The lowest BCUT2D eigenvalue weighted by molar-refractivity contribution is -0.138. The summed E-state index contributed by atoms with van der Waals surface area (Å²) in [7, 11) is 0. The van der Waals surface area contributed by atoms with Gasteiger partial charge in [-0.1, -0.05) is 36.4 Å². The number of nitrogens with one attached hydrogen (secondary N) is 1. The first kappa shape index (κ1) is 24.8. The van der Waals surface area contributed by atoms with E-state index in [1.165, 1.54) is 12.1 Å². The fourth-order valence-corrected chi connectivity index (χ4v) is 4.38. The zero-order valence-corrected chi connectivity index (χ0v) is 19.8. The highest BCUT2D eigenvalue weighted by Crippen LogP contribution is 2.33. The number of aromatic nitrogens is 4. The van der Waals surface area contributed by atoms with Crippen LogP contribution in [0.1, 0.15) is 22.3 Å². The molecule has 0 atom stereocenters. The van der Waals surface area contributed by atoms with Crippen molar-refractivity contribution in [3.8, 4) is 11.4 Å². The molecule has 3 heterocycles. The number of carbonyl (C=O) groups is 1. The smallest absolute Gasteiger partial charge is 0.392 e. The number of aromatic amines is 1. The number of halogens is 3. The number of H-pyrrole nitrogens is 1. The summed E-state index contributed by atoms with van der Waals surface area (Å²) in [4.78, 5) is 31.5. The summed E-state index contributed by atoms with van der Waals surface area (Å²) in [5.41, 5.74) is 1.91. The molecular formula is C26H24F3N5O3. The molecule has 0 spiro atoms. The highest BCUT2D eigenvalue weighted by Gasteiger charge is 2.33. The second-order valence-electron chi connectivity index (χ2n) is 8.81. The zero-order chi connectivity index (χ0) is 26.0. The molecular weight excluding hydrogens is 487 g/mol. The van der Waals surface area contributed by atoms with Crippen LogP contribution in [0.2, 0.25) is 0 Å². The average molecular weight is 512 g/mol. The van der Waals surface area contributed by atoms with E-state index in [-0.39, 0.29) is 29.8 Å². The number of alkyl halides is 3. The molecule has 0 bridgehead atoms. The summed E-state index contributed by atoms with van der Waals surface area (Å²) in [6.45, 7) is 1.92. The molecule has 1 aliphatic rings. The molecule has 4 aromatic rings. The minimum absolute atomic E-state index is 0.0711. The number of morpholine rings is 1. The number of aliphatic hydroxyl groups is 1. The Balaban J connectivity index is 1.31. The topological polar surface area (TPSA) is 104 Å². The number of benzene rings is 2. The zero-order valence-electron chi connectivity index (χ0n) is 19.8. The molecule has 1 saturated heterocycles. The number of carbonyl (C=O) groups excluding carboxylic acids is 1. The quantitative estimate of drug-likeness (QED) is 0.390. The molecule has 0 radical (unpaired) electrons. The number of hydrogen-bond donors (Lipinski definition) is 2. The number of aliphatic hydroxyl groups excluding tert-OH is 1. The minimum Gasteiger partial charge on any atom is -0.392 e. The number of ether oxygens (including phenoxy) is 1. The number of nitrogens with zero attached hydrogens (tertiary/aromatic N) is 4. The largest absolute Gasteiger partial charge is 0.416 e. The third-order valence-corrected chi connectivity index (χ3v) is 6.24. The monoisotopic (exact) mass is 511 g/mol. The molecule has 192 valence electrons. The van der Waals surface area contributed by atoms with Crippen LogP contribution in [0.5, 0.6) is 0 Å². The number of fused-ring (bicyclic) bond motifs is 1. The first-order valence-corrected chi connectivity index (χ1v) is 11.8. The third kappa shape index (κ3) is 5.47. The molecule has 0 unspecified atom stereocenters. The molecule has 1 aliphatic heterocycles. The van der Waals surface area contributed by atoms with Crippen molar-refractivity contribution >= 4 is 22.8 Å². The van der Waals surface area contributed by atoms with Crippen LogP contribution in [0.15, 0.2) is 48.8 Å². The van der Waals surface area contributed by atoms with Gasteiger partial charge >= 0.3 is 6.18 Å². The van der Waals surface area contributed by atoms with Crippen LogP contribution < -0.4 is 4.90 Å². The highest BCUT2D eigenvalue weighted by atomic mass is 19.4. The number of rotatable bonds is 7. The second-order valence-corrected chi connectivity index (χ2v) is 8.81. The van der Waals surface area contributed by atoms with E-state index >= 15 is 0 Å². The Labute approximate surface area is 210 Å². The molecule has 2 N–H and O–H groups in total. The van der Waals surface area contributed by atoms with Crippen molar-refractivity contribution < 1.29 is 27.8 Å². The fourth-order valence-electron chi connectivity index (χ4n) is 4.38. The van der Waals surface area contributed by atoms with E-state index in [9.17, 15) is 23.1 Å². The van der Waals surface area contributed by atoms with Crippen LogP contribution in [0.4, 0.5) is 19.0 Å². The van der Waals surface area contributed by atoms with Crippen LogP contribution in [0.25, 0.3) is 22.6 Å². The van der Waals surface area contributed by atoms with Gasteiger partial charge in [0.2, 0.25) is 0 Å². The molecule has 8 nitrogen and oxygen atoms in total. The number of imidazole rings is 1. The van der Waals surface area contributed by atoms with Gasteiger partial charge in [0.1, 0.15) is 11.3 Å². The molecule has 0 saturated carbocycles. The average Bonchev–Trinajstić information content (AvgIpc) is 3.37. The lowest BCUT2D eigenvalue weighted by atomic mass is 9.98. The van der Waals surface area contributed by atoms with Crippen LogP contribution in [0.3, 0.4) is 0 Å². The standard InChI is InChI=1S/C26H24F3N5O3/c27-26(28,29)21-13-17(3-6-19(21)14-35)12-20(36)11-16-1-4-18(5-2-16)23-32-24-22(30-15-31-24)25(33-23)34-7-9-37-10-8-34/h1-6,13,15,35H,7-12,14H2,(H,30,31,32,33). The molecule has 0 aliphatic carbocycles. The Kier molecular flexibility index (Phi) is 6.90. The maximum Gasteiger partial charge on any atom is 0.416 e. The lowest BCUT2D eigenvalue weighted by Crippen LogP contribution is -2.37. The molecule has 2 aromatic carbocycles. The Hall–Kier alpha value is -3.83. The summed E-state index contributed by atoms with van der Waals surface area (Å²) < 4.78 is 45.2.